The molecule has 2 aromatic rings. The Bertz CT molecular complexity index is 974. The molecule has 1 saturated heterocycles. The number of benzene rings is 2. The molecular weight excluding hydrogens is 384 g/mol. The molecule has 1 amide bonds. The van der Waals surface area contributed by atoms with E-state index in [4.69, 9.17) is 9.47 Å². The van der Waals surface area contributed by atoms with E-state index in [-0.39, 0.29) is 29.3 Å². The van der Waals surface area contributed by atoms with Crippen molar-refractivity contribution in [2.75, 3.05) is 0 Å². The summed E-state index contributed by atoms with van der Waals surface area (Å²) >= 11 is 1.31. The molecule has 28 heavy (non-hydrogen) atoms. The lowest BCUT2D eigenvalue weighted by Crippen LogP contribution is -2.48. The van der Waals surface area contributed by atoms with Crippen molar-refractivity contribution < 1.29 is 24.0 Å². The fourth-order valence-electron chi connectivity index (χ4n) is 2.81. The lowest BCUT2D eigenvalue weighted by Gasteiger charge is -2.33. The minimum atomic E-state index is -0.674. The number of nitro groups is 1. The quantitative estimate of drug-likeness (QED) is 0.319. The molecule has 0 aliphatic carbocycles. The molecular formula is C19H14N2O6S. The van der Waals surface area contributed by atoms with Gasteiger partial charge in [-0.25, -0.2) is 4.79 Å². The highest BCUT2D eigenvalue weighted by molar-refractivity contribution is 8.03. The lowest BCUT2D eigenvalue weighted by atomic mass is 10.2. The van der Waals surface area contributed by atoms with E-state index in [9.17, 15) is 19.7 Å². The van der Waals surface area contributed by atoms with Gasteiger partial charge in [-0.1, -0.05) is 30.0 Å². The minimum Gasteiger partial charge on any atom is -0.456 e. The summed E-state index contributed by atoms with van der Waals surface area (Å²) in [6, 6.07) is 14.7. The van der Waals surface area contributed by atoms with Crippen molar-refractivity contribution in [2.45, 2.75) is 18.4 Å². The Morgan fingerprint density at radius 1 is 1.18 bits per heavy atom. The molecule has 2 aliphatic rings. The number of β-lactam (4-membered cyclic amide) rings is 1. The summed E-state index contributed by atoms with van der Waals surface area (Å²) in [7, 11) is 0. The van der Waals surface area contributed by atoms with E-state index in [1.807, 2.05) is 18.2 Å². The van der Waals surface area contributed by atoms with Crippen LogP contribution in [0.2, 0.25) is 0 Å². The molecule has 9 heteroatoms. The van der Waals surface area contributed by atoms with Crippen molar-refractivity contribution in [1.29, 1.82) is 0 Å². The third-order valence-electron chi connectivity index (χ3n) is 4.25. The number of ether oxygens (including phenoxy) is 2. The van der Waals surface area contributed by atoms with Gasteiger partial charge in [0.1, 0.15) is 12.4 Å². The molecule has 1 atom stereocenters. The molecule has 2 heterocycles. The summed E-state index contributed by atoms with van der Waals surface area (Å²) in [5, 5.41) is 10.9. The van der Waals surface area contributed by atoms with Crippen LogP contribution in [0, 0.1) is 10.1 Å². The predicted molar refractivity (Wildman–Crippen MR) is 99.8 cm³/mol. The van der Waals surface area contributed by atoms with Crippen LogP contribution < -0.4 is 4.74 Å². The molecule has 142 valence electrons. The maximum absolute atomic E-state index is 12.7. The standard InChI is InChI=1S/C19H14N2O6S/c22-15-10-16-20(15)17(19(28-16)27-14-4-2-1-3-5-14)18(23)26-11-12-6-8-13(9-7-12)21(24)25/h1-9,16H,10-11H2. The zero-order valence-corrected chi connectivity index (χ0v) is 15.3. The summed E-state index contributed by atoms with van der Waals surface area (Å²) < 4.78 is 11.1. The topological polar surface area (TPSA) is 99.0 Å². The van der Waals surface area contributed by atoms with Gasteiger partial charge < -0.3 is 9.47 Å². The first-order valence-electron chi connectivity index (χ1n) is 8.39. The largest absolute Gasteiger partial charge is 0.456 e. The number of hydrogen-bond acceptors (Lipinski definition) is 7. The predicted octanol–water partition coefficient (Wildman–Crippen LogP) is 3.19. The van der Waals surface area contributed by atoms with E-state index in [1.54, 1.807) is 12.1 Å². The van der Waals surface area contributed by atoms with Gasteiger partial charge in [-0.15, -0.1) is 0 Å². The van der Waals surface area contributed by atoms with Crippen molar-refractivity contribution in [2.24, 2.45) is 0 Å². The second-order valence-corrected chi connectivity index (χ2v) is 7.24. The van der Waals surface area contributed by atoms with Crippen LogP contribution in [-0.4, -0.2) is 27.1 Å². The molecule has 0 bridgehead atoms. The van der Waals surface area contributed by atoms with Crippen molar-refractivity contribution >= 4 is 29.3 Å². The molecule has 1 fully saturated rings. The van der Waals surface area contributed by atoms with Gasteiger partial charge in [0.15, 0.2) is 10.8 Å². The van der Waals surface area contributed by atoms with Gasteiger partial charge >= 0.3 is 5.97 Å². The molecule has 0 aromatic heterocycles. The first kappa shape index (κ1) is 18.1. The highest BCUT2D eigenvalue weighted by Gasteiger charge is 2.50. The van der Waals surface area contributed by atoms with Crippen LogP contribution in [0.1, 0.15) is 12.0 Å². The van der Waals surface area contributed by atoms with E-state index >= 15 is 0 Å². The molecule has 8 nitrogen and oxygen atoms in total. The van der Waals surface area contributed by atoms with Crippen LogP contribution in [0.25, 0.3) is 0 Å². The van der Waals surface area contributed by atoms with E-state index in [2.05, 4.69) is 0 Å². The van der Waals surface area contributed by atoms with E-state index in [0.717, 1.165) is 0 Å². The molecule has 4 rings (SSSR count). The summed E-state index contributed by atoms with van der Waals surface area (Å²) in [4.78, 5) is 36.2. The van der Waals surface area contributed by atoms with Gasteiger partial charge in [-0.2, -0.15) is 0 Å². The zero-order valence-electron chi connectivity index (χ0n) is 14.4. The van der Waals surface area contributed by atoms with Crippen LogP contribution in [0.5, 0.6) is 5.75 Å². The Morgan fingerprint density at radius 2 is 1.89 bits per heavy atom. The number of amides is 1. The highest BCUT2D eigenvalue weighted by Crippen LogP contribution is 2.46. The van der Waals surface area contributed by atoms with Crippen molar-refractivity contribution in [1.82, 2.24) is 4.90 Å². The average molecular weight is 398 g/mol. The molecule has 0 spiro atoms. The van der Waals surface area contributed by atoms with Gasteiger partial charge in [0.2, 0.25) is 5.91 Å². The number of para-hydroxylation sites is 1. The molecule has 0 N–H and O–H groups in total. The molecule has 1 unspecified atom stereocenters. The number of non-ortho nitro benzene ring substituents is 1. The van der Waals surface area contributed by atoms with Gasteiger partial charge in [0.25, 0.3) is 5.69 Å². The van der Waals surface area contributed by atoms with Crippen molar-refractivity contribution in [3.63, 3.8) is 0 Å². The van der Waals surface area contributed by atoms with E-state index in [1.165, 1.54) is 40.9 Å². The Morgan fingerprint density at radius 3 is 2.54 bits per heavy atom. The van der Waals surface area contributed by atoms with Crippen LogP contribution in [0.15, 0.2) is 65.4 Å². The average Bonchev–Trinajstić information content (AvgIpc) is 2.99. The van der Waals surface area contributed by atoms with Crippen LogP contribution >= 0.6 is 11.8 Å². The highest BCUT2D eigenvalue weighted by atomic mass is 32.2. The Balaban J connectivity index is 1.50. The number of hydrogen-bond donors (Lipinski definition) is 0. The summed E-state index contributed by atoms with van der Waals surface area (Å²) in [6.45, 7) is -0.0731. The molecule has 0 saturated carbocycles. The summed E-state index contributed by atoms with van der Waals surface area (Å²) in [5.74, 6) is -0.278. The lowest BCUT2D eigenvalue weighted by molar-refractivity contribution is -0.384. The zero-order chi connectivity index (χ0) is 19.7. The fourth-order valence-corrected chi connectivity index (χ4v) is 4.05. The number of rotatable bonds is 6. The second-order valence-electron chi connectivity index (χ2n) is 6.09. The number of carbonyl (C=O) groups is 2. The Kier molecular flexibility index (Phi) is 4.74. The van der Waals surface area contributed by atoms with Crippen LogP contribution in [0.4, 0.5) is 5.69 Å². The van der Waals surface area contributed by atoms with Crippen LogP contribution in [-0.2, 0) is 20.9 Å². The monoisotopic (exact) mass is 398 g/mol. The molecule has 0 radical (unpaired) electrons. The third-order valence-corrected chi connectivity index (χ3v) is 5.39. The van der Waals surface area contributed by atoms with Gasteiger partial charge in [0, 0.05) is 12.1 Å². The number of esters is 1. The fraction of sp³-hybridized carbons (Fsp3) is 0.158. The Hall–Kier alpha value is -3.33. The number of nitrogens with zero attached hydrogens (tertiary/aromatic N) is 2. The first-order chi connectivity index (χ1) is 13.5. The molecule has 2 aliphatic heterocycles. The number of fused-ring (bicyclic) bond motifs is 1. The first-order valence-corrected chi connectivity index (χ1v) is 9.27. The summed E-state index contributed by atoms with van der Waals surface area (Å²) in [5.41, 5.74) is 0.650. The van der Waals surface area contributed by atoms with E-state index < -0.39 is 10.9 Å². The summed E-state index contributed by atoms with van der Waals surface area (Å²) in [6.07, 6.45) is 0.339. The van der Waals surface area contributed by atoms with Gasteiger partial charge in [0.05, 0.1) is 16.7 Å². The maximum atomic E-state index is 12.7. The Labute approximate surface area is 163 Å². The maximum Gasteiger partial charge on any atom is 0.359 e. The SMILES string of the molecule is O=C(OCc1ccc([N+](=O)[O-])cc1)C1=C(Oc2ccccc2)SC2CC(=O)N12. The number of nitro benzene ring substituents is 1. The van der Waals surface area contributed by atoms with E-state index in [0.29, 0.717) is 22.8 Å². The number of carbonyl (C=O) groups excluding carboxylic acids is 2. The van der Waals surface area contributed by atoms with Crippen LogP contribution in [0.3, 0.4) is 0 Å². The smallest absolute Gasteiger partial charge is 0.359 e. The van der Waals surface area contributed by atoms with Crippen molar-refractivity contribution in [3.05, 3.63) is 81.1 Å². The third kappa shape index (κ3) is 3.44. The van der Waals surface area contributed by atoms with Gasteiger partial charge in [-0.3, -0.25) is 19.8 Å². The minimum absolute atomic E-state index is 0.0439. The normalized spacial score (nSPS) is 17.8. The second kappa shape index (κ2) is 7.35. The number of thioether (sulfide) groups is 1. The molecule has 2 aromatic carbocycles. The van der Waals surface area contributed by atoms with Gasteiger partial charge in [-0.05, 0) is 29.8 Å². The van der Waals surface area contributed by atoms with Crippen molar-refractivity contribution in [3.8, 4) is 5.75 Å².